The molecule has 0 fully saturated rings. The van der Waals surface area contributed by atoms with Crippen molar-refractivity contribution in [3.8, 4) is 28.7 Å². The van der Waals surface area contributed by atoms with Gasteiger partial charge in [0, 0.05) is 34.4 Å². The lowest BCUT2D eigenvalue weighted by atomic mass is 9.75. The van der Waals surface area contributed by atoms with E-state index in [2.05, 4.69) is 0 Å². The third-order valence-corrected chi connectivity index (χ3v) is 8.89. The van der Waals surface area contributed by atoms with E-state index in [9.17, 15) is 14.4 Å². The Bertz CT molecular complexity index is 2380. The molecular weight excluding hydrogens is 656 g/mol. The third-order valence-electron chi connectivity index (χ3n) is 8.89. The summed E-state index contributed by atoms with van der Waals surface area (Å²) in [6, 6.07) is 42.3. The Kier molecular flexibility index (Phi) is 8.29. The lowest BCUT2D eigenvalue weighted by molar-refractivity contribution is 0.0674. The molecule has 6 aromatic rings. The standard InChI is InChI=1S/C43H30N2O7/c1-2-49-31-20-22-36-38(25-31)52-39-26-33(51-42(48)30-15-7-4-8-16-30)21-23-37(39)43(36)35-19-10-9-18-34(35)40(46)45(43)44-27-28-12-11-17-32(24-28)50-41(47)29-13-5-3-6-14-29/h3-27H,2H2,1H3/b44-27+. The molecule has 2 aliphatic rings. The zero-order valence-corrected chi connectivity index (χ0v) is 27.9. The number of ether oxygens (including phenoxy) is 4. The molecule has 1 spiro atoms. The molecule has 9 heteroatoms. The van der Waals surface area contributed by atoms with E-state index in [1.165, 1.54) is 5.01 Å². The van der Waals surface area contributed by atoms with E-state index >= 15 is 0 Å². The summed E-state index contributed by atoms with van der Waals surface area (Å²) in [5.74, 6) is 0.659. The van der Waals surface area contributed by atoms with Gasteiger partial charge in [0.1, 0.15) is 34.3 Å². The minimum atomic E-state index is -1.28. The van der Waals surface area contributed by atoms with Gasteiger partial charge in [-0.15, -0.1) is 0 Å². The molecule has 1 atom stereocenters. The van der Waals surface area contributed by atoms with Crippen LogP contribution in [0.4, 0.5) is 0 Å². The fourth-order valence-corrected chi connectivity index (χ4v) is 6.64. The summed E-state index contributed by atoms with van der Waals surface area (Å²) in [5.41, 5.74) is 2.59. The first-order chi connectivity index (χ1) is 25.4. The van der Waals surface area contributed by atoms with Gasteiger partial charge in [0.2, 0.25) is 0 Å². The molecule has 254 valence electrons. The van der Waals surface area contributed by atoms with Crippen LogP contribution in [0.25, 0.3) is 0 Å². The van der Waals surface area contributed by atoms with Crippen LogP contribution in [0.5, 0.6) is 28.7 Å². The summed E-state index contributed by atoms with van der Waals surface area (Å²) < 4.78 is 23.8. The van der Waals surface area contributed by atoms with Gasteiger partial charge >= 0.3 is 11.9 Å². The number of hydrazone groups is 1. The zero-order valence-electron chi connectivity index (χ0n) is 27.9. The molecule has 0 saturated heterocycles. The van der Waals surface area contributed by atoms with Crippen molar-refractivity contribution in [1.82, 2.24) is 5.01 Å². The summed E-state index contributed by atoms with van der Waals surface area (Å²) in [6.07, 6.45) is 1.56. The summed E-state index contributed by atoms with van der Waals surface area (Å²) >= 11 is 0. The maximum Gasteiger partial charge on any atom is 0.343 e. The second-order valence-corrected chi connectivity index (χ2v) is 12.1. The molecule has 2 heterocycles. The van der Waals surface area contributed by atoms with Crippen molar-refractivity contribution in [2.45, 2.75) is 12.5 Å². The van der Waals surface area contributed by atoms with Crippen LogP contribution in [-0.4, -0.2) is 35.7 Å². The highest BCUT2D eigenvalue weighted by molar-refractivity contribution is 6.03. The first-order valence-corrected chi connectivity index (χ1v) is 16.7. The smallest absolute Gasteiger partial charge is 0.343 e. The molecule has 1 amide bonds. The van der Waals surface area contributed by atoms with E-state index < -0.39 is 17.5 Å². The highest BCUT2D eigenvalue weighted by Crippen LogP contribution is 2.58. The fourth-order valence-electron chi connectivity index (χ4n) is 6.64. The highest BCUT2D eigenvalue weighted by Gasteiger charge is 2.57. The summed E-state index contributed by atoms with van der Waals surface area (Å²) in [7, 11) is 0. The summed E-state index contributed by atoms with van der Waals surface area (Å²) in [4.78, 5) is 40.2. The first kappa shape index (κ1) is 32.2. The molecule has 6 aromatic carbocycles. The van der Waals surface area contributed by atoms with Crippen LogP contribution >= 0.6 is 0 Å². The van der Waals surface area contributed by atoms with Gasteiger partial charge in [-0.1, -0.05) is 66.7 Å². The Balaban J connectivity index is 1.23. The van der Waals surface area contributed by atoms with E-state index in [0.717, 1.165) is 0 Å². The van der Waals surface area contributed by atoms with Gasteiger partial charge in [0.25, 0.3) is 5.91 Å². The fraction of sp³-hybridized carbons (Fsp3) is 0.0698. The van der Waals surface area contributed by atoms with Crippen LogP contribution in [0.15, 0.2) is 151 Å². The predicted octanol–water partition coefficient (Wildman–Crippen LogP) is 8.41. The van der Waals surface area contributed by atoms with Gasteiger partial charge in [-0.3, -0.25) is 4.79 Å². The number of fused-ring (bicyclic) bond motifs is 6. The number of hydrogen-bond donors (Lipinski definition) is 0. The van der Waals surface area contributed by atoms with Crippen LogP contribution in [0, 0.1) is 0 Å². The van der Waals surface area contributed by atoms with Gasteiger partial charge < -0.3 is 18.9 Å². The SMILES string of the molecule is CCOc1ccc2c(c1)Oc1cc(OC(=O)c3ccccc3)ccc1C21c2ccccc2C(=O)N1/N=C/c1cccc(OC(=O)c2ccccc2)c1. The molecule has 0 bridgehead atoms. The Morgan fingerprint density at radius 2 is 1.23 bits per heavy atom. The second-order valence-electron chi connectivity index (χ2n) is 12.1. The normalized spacial score (nSPS) is 15.4. The highest BCUT2D eigenvalue weighted by atomic mass is 16.5. The average molecular weight is 687 g/mol. The molecule has 1 unspecified atom stereocenters. The average Bonchev–Trinajstić information content (AvgIpc) is 3.42. The number of amides is 1. The molecule has 0 N–H and O–H groups in total. The van der Waals surface area contributed by atoms with E-state index in [1.807, 2.05) is 49.4 Å². The number of benzene rings is 6. The molecular formula is C43H30N2O7. The molecule has 8 rings (SSSR count). The van der Waals surface area contributed by atoms with Crippen molar-refractivity contribution in [3.05, 3.63) is 185 Å². The monoisotopic (exact) mass is 686 g/mol. The predicted molar refractivity (Wildman–Crippen MR) is 193 cm³/mol. The van der Waals surface area contributed by atoms with Crippen molar-refractivity contribution in [2.24, 2.45) is 5.10 Å². The Hall–Kier alpha value is -7.00. The van der Waals surface area contributed by atoms with E-state index in [0.29, 0.717) is 68.5 Å². The van der Waals surface area contributed by atoms with Crippen molar-refractivity contribution in [3.63, 3.8) is 0 Å². The van der Waals surface area contributed by atoms with Gasteiger partial charge in [0.05, 0.1) is 23.9 Å². The minimum absolute atomic E-state index is 0.265. The number of rotatable bonds is 8. The third kappa shape index (κ3) is 5.64. The summed E-state index contributed by atoms with van der Waals surface area (Å²) in [6.45, 7) is 2.34. The number of hydrogen-bond acceptors (Lipinski definition) is 8. The maximum atomic E-state index is 14.4. The van der Waals surface area contributed by atoms with E-state index in [-0.39, 0.29) is 11.7 Å². The lowest BCUT2D eigenvalue weighted by Crippen LogP contribution is -2.44. The van der Waals surface area contributed by atoms with Gasteiger partial charge in [-0.25, -0.2) is 14.6 Å². The Morgan fingerprint density at radius 1 is 0.654 bits per heavy atom. The van der Waals surface area contributed by atoms with Crippen LogP contribution in [0.1, 0.15) is 60.3 Å². The van der Waals surface area contributed by atoms with Gasteiger partial charge in [-0.2, -0.15) is 5.10 Å². The Labute approximate surface area is 299 Å². The Morgan fingerprint density at radius 3 is 1.88 bits per heavy atom. The molecule has 0 saturated carbocycles. The minimum Gasteiger partial charge on any atom is -0.494 e. The molecule has 0 aromatic heterocycles. The van der Waals surface area contributed by atoms with Crippen LogP contribution < -0.4 is 18.9 Å². The van der Waals surface area contributed by atoms with E-state index in [1.54, 1.807) is 109 Å². The summed E-state index contributed by atoms with van der Waals surface area (Å²) in [5, 5.41) is 6.31. The molecule has 9 nitrogen and oxygen atoms in total. The topological polar surface area (TPSA) is 104 Å². The van der Waals surface area contributed by atoms with Crippen LogP contribution in [0.3, 0.4) is 0 Å². The first-order valence-electron chi connectivity index (χ1n) is 16.7. The lowest BCUT2D eigenvalue weighted by Gasteiger charge is -2.41. The second kappa shape index (κ2) is 13.4. The molecule has 2 aliphatic heterocycles. The van der Waals surface area contributed by atoms with Crippen molar-refractivity contribution >= 4 is 24.1 Å². The van der Waals surface area contributed by atoms with Crippen LogP contribution in [0.2, 0.25) is 0 Å². The van der Waals surface area contributed by atoms with Crippen molar-refractivity contribution < 1.29 is 33.3 Å². The van der Waals surface area contributed by atoms with Gasteiger partial charge in [-0.05, 0) is 79.2 Å². The number of esters is 2. The van der Waals surface area contributed by atoms with Crippen molar-refractivity contribution in [1.29, 1.82) is 0 Å². The number of carbonyl (C=O) groups is 3. The number of nitrogens with zero attached hydrogens (tertiary/aromatic N) is 2. The van der Waals surface area contributed by atoms with Gasteiger partial charge in [0.15, 0.2) is 0 Å². The number of carbonyl (C=O) groups excluding carboxylic acids is 3. The zero-order chi connectivity index (χ0) is 35.7. The van der Waals surface area contributed by atoms with E-state index in [4.69, 9.17) is 24.0 Å². The molecule has 52 heavy (non-hydrogen) atoms. The largest absolute Gasteiger partial charge is 0.494 e. The van der Waals surface area contributed by atoms with Crippen LogP contribution in [-0.2, 0) is 5.54 Å². The quantitative estimate of drug-likeness (QED) is 0.0900. The molecule has 0 radical (unpaired) electrons. The van der Waals surface area contributed by atoms with Crippen molar-refractivity contribution in [2.75, 3.05) is 6.61 Å². The maximum absolute atomic E-state index is 14.4. The molecule has 0 aliphatic carbocycles.